The van der Waals surface area contributed by atoms with Gasteiger partial charge in [-0.15, -0.1) is 0 Å². The predicted octanol–water partition coefficient (Wildman–Crippen LogP) is 3.36. The van der Waals surface area contributed by atoms with E-state index in [2.05, 4.69) is 5.32 Å². The summed E-state index contributed by atoms with van der Waals surface area (Å²) < 4.78 is 28.8. The molecule has 6 heteroatoms. The van der Waals surface area contributed by atoms with Crippen LogP contribution in [0, 0.1) is 0 Å². The molecule has 0 atom stereocenters. The Labute approximate surface area is 129 Å². The third kappa shape index (κ3) is 3.68. The van der Waals surface area contributed by atoms with Crippen LogP contribution in [0.25, 0.3) is 0 Å². The SMILES string of the molecule is COc1cccc(Cl)c1CNc1ccccc1S(C)(=O)=O. The van der Waals surface area contributed by atoms with E-state index >= 15 is 0 Å². The minimum atomic E-state index is -3.29. The average Bonchev–Trinajstić information content (AvgIpc) is 2.45. The Morgan fingerprint density at radius 2 is 1.86 bits per heavy atom. The van der Waals surface area contributed by atoms with Gasteiger partial charge in [-0.2, -0.15) is 0 Å². The number of halogens is 1. The minimum Gasteiger partial charge on any atom is -0.496 e. The second kappa shape index (κ2) is 6.37. The molecule has 0 aliphatic rings. The molecule has 1 N–H and O–H groups in total. The van der Waals surface area contributed by atoms with Crippen LogP contribution in [0.2, 0.25) is 5.02 Å². The third-order valence-electron chi connectivity index (χ3n) is 3.04. The fourth-order valence-corrected chi connectivity index (χ4v) is 3.12. The summed E-state index contributed by atoms with van der Waals surface area (Å²) in [6.45, 7) is 0.370. The Hall–Kier alpha value is -1.72. The first-order chi connectivity index (χ1) is 9.93. The van der Waals surface area contributed by atoms with E-state index in [-0.39, 0.29) is 4.90 Å². The van der Waals surface area contributed by atoms with Crippen LogP contribution in [-0.2, 0) is 16.4 Å². The Bertz CT molecular complexity index is 744. The second-order valence-electron chi connectivity index (χ2n) is 4.54. The molecule has 0 spiro atoms. The molecule has 0 saturated heterocycles. The molecule has 0 fully saturated rings. The average molecular weight is 326 g/mol. The van der Waals surface area contributed by atoms with Crippen molar-refractivity contribution in [2.75, 3.05) is 18.7 Å². The molecule has 0 saturated carbocycles. The van der Waals surface area contributed by atoms with E-state index in [4.69, 9.17) is 16.3 Å². The van der Waals surface area contributed by atoms with Gasteiger partial charge in [0, 0.05) is 23.4 Å². The van der Waals surface area contributed by atoms with Crippen molar-refractivity contribution in [3.05, 3.63) is 53.1 Å². The van der Waals surface area contributed by atoms with Gasteiger partial charge >= 0.3 is 0 Å². The zero-order valence-electron chi connectivity index (χ0n) is 11.8. The van der Waals surface area contributed by atoms with Crippen LogP contribution in [0.3, 0.4) is 0 Å². The van der Waals surface area contributed by atoms with E-state index in [1.165, 1.54) is 6.26 Å². The van der Waals surface area contributed by atoms with Gasteiger partial charge < -0.3 is 10.1 Å². The molecule has 0 amide bonds. The number of sulfone groups is 1. The normalized spacial score (nSPS) is 11.2. The van der Waals surface area contributed by atoms with Crippen LogP contribution in [0.15, 0.2) is 47.4 Å². The summed E-state index contributed by atoms with van der Waals surface area (Å²) in [7, 11) is -1.72. The number of anilines is 1. The zero-order chi connectivity index (χ0) is 15.5. The van der Waals surface area contributed by atoms with Gasteiger partial charge in [0.25, 0.3) is 0 Å². The molecule has 2 aromatic rings. The van der Waals surface area contributed by atoms with Crippen LogP contribution >= 0.6 is 11.6 Å². The standard InChI is InChI=1S/C15H16ClNO3S/c1-20-14-8-5-6-12(16)11(14)10-17-13-7-3-4-9-15(13)21(2,18)19/h3-9,17H,10H2,1-2H3. The maximum Gasteiger partial charge on any atom is 0.177 e. The number of para-hydroxylation sites is 1. The fraction of sp³-hybridized carbons (Fsp3) is 0.200. The van der Waals surface area contributed by atoms with Crippen molar-refractivity contribution in [1.82, 2.24) is 0 Å². The van der Waals surface area contributed by atoms with Crippen molar-refractivity contribution in [3.8, 4) is 5.75 Å². The van der Waals surface area contributed by atoms with E-state index in [1.807, 2.05) is 6.07 Å². The summed E-state index contributed by atoms with van der Waals surface area (Å²) >= 11 is 6.17. The summed E-state index contributed by atoms with van der Waals surface area (Å²) in [4.78, 5) is 0.260. The monoisotopic (exact) mass is 325 g/mol. The number of hydrogen-bond acceptors (Lipinski definition) is 4. The zero-order valence-corrected chi connectivity index (χ0v) is 13.3. The number of ether oxygens (including phenoxy) is 1. The number of nitrogens with one attached hydrogen (secondary N) is 1. The van der Waals surface area contributed by atoms with Crippen LogP contribution in [-0.4, -0.2) is 21.8 Å². The van der Waals surface area contributed by atoms with E-state index < -0.39 is 9.84 Å². The highest BCUT2D eigenvalue weighted by Crippen LogP contribution is 2.28. The molecule has 0 bridgehead atoms. The quantitative estimate of drug-likeness (QED) is 0.915. The summed E-state index contributed by atoms with van der Waals surface area (Å²) in [5, 5.41) is 3.68. The maximum absolute atomic E-state index is 11.8. The van der Waals surface area contributed by atoms with Crippen LogP contribution < -0.4 is 10.1 Å². The lowest BCUT2D eigenvalue weighted by Crippen LogP contribution is -2.07. The van der Waals surface area contributed by atoms with E-state index in [9.17, 15) is 8.42 Å². The molecule has 0 radical (unpaired) electrons. The summed E-state index contributed by atoms with van der Waals surface area (Å²) in [6.07, 6.45) is 1.18. The van der Waals surface area contributed by atoms with Gasteiger partial charge in [0.15, 0.2) is 9.84 Å². The highest BCUT2D eigenvalue weighted by atomic mass is 35.5. The second-order valence-corrected chi connectivity index (χ2v) is 6.93. The van der Waals surface area contributed by atoms with Gasteiger partial charge in [0.2, 0.25) is 0 Å². The highest BCUT2D eigenvalue weighted by molar-refractivity contribution is 7.90. The molecule has 4 nitrogen and oxygen atoms in total. The van der Waals surface area contributed by atoms with Crippen molar-refractivity contribution in [2.24, 2.45) is 0 Å². The number of hydrogen-bond donors (Lipinski definition) is 1. The van der Waals surface area contributed by atoms with Gasteiger partial charge in [-0.1, -0.05) is 29.8 Å². The van der Waals surface area contributed by atoms with Crippen LogP contribution in [0.4, 0.5) is 5.69 Å². The lowest BCUT2D eigenvalue weighted by molar-refractivity contribution is 0.410. The highest BCUT2D eigenvalue weighted by Gasteiger charge is 2.13. The number of benzene rings is 2. The number of methoxy groups -OCH3 is 1. The van der Waals surface area contributed by atoms with Gasteiger partial charge in [-0.25, -0.2) is 8.42 Å². The Kier molecular flexibility index (Phi) is 4.75. The van der Waals surface area contributed by atoms with Crippen molar-refractivity contribution < 1.29 is 13.2 Å². The summed E-state index contributed by atoms with van der Waals surface area (Å²) in [6, 6.07) is 12.1. The molecule has 112 valence electrons. The molecular weight excluding hydrogens is 310 g/mol. The molecular formula is C15H16ClNO3S. The topological polar surface area (TPSA) is 55.4 Å². The fourth-order valence-electron chi connectivity index (χ4n) is 2.02. The maximum atomic E-state index is 11.8. The van der Waals surface area contributed by atoms with E-state index in [0.717, 1.165) is 5.56 Å². The van der Waals surface area contributed by atoms with Crippen LogP contribution in [0.1, 0.15) is 5.56 Å². The number of rotatable bonds is 5. The minimum absolute atomic E-state index is 0.260. The summed E-state index contributed by atoms with van der Waals surface area (Å²) in [5.74, 6) is 0.659. The Morgan fingerprint density at radius 3 is 2.52 bits per heavy atom. The molecule has 0 aliphatic heterocycles. The Balaban J connectivity index is 2.30. The lowest BCUT2D eigenvalue weighted by Gasteiger charge is -2.14. The molecule has 0 unspecified atom stereocenters. The van der Waals surface area contributed by atoms with Gasteiger partial charge in [-0.3, -0.25) is 0 Å². The predicted molar refractivity (Wildman–Crippen MR) is 84.9 cm³/mol. The van der Waals surface area contributed by atoms with Gasteiger partial charge in [-0.05, 0) is 24.3 Å². The molecule has 21 heavy (non-hydrogen) atoms. The first kappa shape index (κ1) is 15.7. The largest absolute Gasteiger partial charge is 0.496 e. The first-order valence-corrected chi connectivity index (χ1v) is 8.54. The van der Waals surface area contributed by atoms with Crippen LogP contribution in [0.5, 0.6) is 5.75 Å². The molecule has 2 aromatic carbocycles. The van der Waals surface area contributed by atoms with Crippen molar-refractivity contribution >= 4 is 27.1 Å². The summed E-state index contributed by atoms with van der Waals surface area (Å²) in [5.41, 5.74) is 1.33. The molecule has 0 heterocycles. The smallest absolute Gasteiger partial charge is 0.177 e. The van der Waals surface area contributed by atoms with E-state index in [1.54, 1.807) is 43.5 Å². The lowest BCUT2D eigenvalue weighted by atomic mass is 10.2. The Morgan fingerprint density at radius 1 is 1.14 bits per heavy atom. The van der Waals surface area contributed by atoms with Crippen molar-refractivity contribution in [1.29, 1.82) is 0 Å². The van der Waals surface area contributed by atoms with Crippen molar-refractivity contribution in [2.45, 2.75) is 11.4 Å². The van der Waals surface area contributed by atoms with Gasteiger partial charge in [0.05, 0.1) is 17.7 Å². The van der Waals surface area contributed by atoms with Crippen molar-refractivity contribution in [3.63, 3.8) is 0 Å². The van der Waals surface area contributed by atoms with E-state index in [0.29, 0.717) is 23.0 Å². The molecule has 0 aliphatic carbocycles. The molecule has 2 rings (SSSR count). The third-order valence-corrected chi connectivity index (χ3v) is 4.55. The molecule has 0 aromatic heterocycles. The first-order valence-electron chi connectivity index (χ1n) is 6.28. The van der Waals surface area contributed by atoms with Gasteiger partial charge in [0.1, 0.15) is 5.75 Å².